The summed E-state index contributed by atoms with van der Waals surface area (Å²) in [7, 11) is 0. The quantitative estimate of drug-likeness (QED) is 0.892. The second-order valence-electron chi connectivity index (χ2n) is 6.21. The van der Waals surface area contributed by atoms with Crippen molar-refractivity contribution in [2.75, 3.05) is 5.32 Å². The minimum absolute atomic E-state index is 0.172. The van der Waals surface area contributed by atoms with Crippen LogP contribution in [0.5, 0.6) is 0 Å². The van der Waals surface area contributed by atoms with E-state index in [0.717, 1.165) is 5.56 Å². The number of amides is 1. The smallest absolute Gasteiger partial charge is 0.413 e. The number of aliphatic hydroxyl groups is 1. The average molecular weight is 290 g/mol. The van der Waals surface area contributed by atoms with Gasteiger partial charge in [-0.25, -0.2) is 9.78 Å². The fourth-order valence-electron chi connectivity index (χ4n) is 1.80. The Morgan fingerprint density at radius 3 is 2.76 bits per heavy atom. The predicted molar refractivity (Wildman–Crippen MR) is 81.8 cm³/mol. The minimum Gasteiger partial charge on any atom is -0.444 e. The lowest BCUT2D eigenvalue weighted by molar-refractivity contribution is 0.0635. The predicted octanol–water partition coefficient (Wildman–Crippen LogP) is 3.34. The van der Waals surface area contributed by atoms with Gasteiger partial charge in [0.1, 0.15) is 11.4 Å². The van der Waals surface area contributed by atoms with Crippen molar-refractivity contribution in [3.05, 3.63) is 29.5 Å². The number of pyridine rings is 1. The summed E-state index contributed by atoms with van der Waals surface area (Å²) in [6.07, 6.45) is 6.03. The van der Waals surface area contributed by atoms with Gasteiger partial charge in [-0.15, -0.1) is 0 Å². The highest BCUT2D eigenvalue weighted by atomic mass is 16.6. The molecule has 114 valence electrons. The van der Waals surface area contributed by atoms with Gasteiger partial charge in [-0.2, -0.15) is 0 Å². The molecule has 1 heterocycles. The normalized spacial score (nSPS) is 15.2. The fourth-order valence-corrected chi connectivity index (χ4v) is 1.80. The molecule has 1 aromatic rings. The van der Waals surface area contributed by atoms with Crippen molar-refractivity contribution < 1.29 is 14.6 Å². The maximum absolute atomic E-state index is 11.7. The van der Waals surface area contributed by atoms with Crippen molar-refractivity contribution in [2.45, 2.75) is 45.8 Å². The van der Waals surface area contributed by atoms with Gasteiger partial charge >= 0.3 is 6.09 Å². The Morgan fingerprint density at radius 1 is 1.48 bits per heavy atom. The van der Waals surface area contributed by atoms with Gasteiger partial charge in [0.05, 0.1) is 12.3 Å². The van der Waals surface area contributed by atoms with E-state index in [0.29, 0.717) is 17.4 Å². The Hall–Kier alpha value is -1.88. The average Bonchev–Trinajstić information content (AvgIpc) is 3.18. The van der Waals surface area contributed by atoms with Crippen molar-refractivity contribution in [3.63, 3.8) is 0 Å². The molecular weight excluding hydrogens is 268 g/mol. The summed E-state index contributed by atoms with van der Waals surface area (Å²) < 4.78 is 5.17. The summed E-state index contributed by atoms with van der Waals surface area (Å²) in [5.74, 6) is 1.04. The van der Waals surface area contributed by atoms with Crippen molar-refractivity contribution in [1.29, 1.82) is 0 Å². The van der Waals surface area contributed by atoms with Crippen LogP contribution in [0, 0.1) is 5.92 Å². The van der Waals surface area contributed by atoms with Crippen molar-refractivity contribution >= 4 is 18.0 Å². The highest BCUT2D eigenvalue weighted by molar-refractivity contribution is 5.83. The van der Waals surface area contributed by atoms with Gasteiger partial charge < -0.3 is 9.84 Å². The van der Waals surface area contributed by atoms with Crippen LogP contribution in [-0.4, -0.2) is 21.8 Å². The van der Waals surface area contributed by atoms with Crippen LogP contribution in [0.4, 0.5) is 10.6 Å². The third kappa shape index (κ3) is 5.19. The SMILES string of the molecule is CC(C)(C)OC(=O)Nc1ccc(/C=C/C2CC2)c(CO)n1. The maximum Gasteiger partial charge on any atom is 0.413 e. The molecule has 1 saturated carbocycles. The van der Waals surface area contributed by atoms with Crippen LogP contribution < -0.4 is 5.32 Å². The van der Waals surface area contributed by atoms with E-state index in [1.165, 1.54) is 12.8 Å². The van der Waals surface area contributed by atoms with E-state index in [-0.39, 0.29) is 6.61 Å². The number of nitrogens with zero attached hydrogens (tertiary/aromatic N) is 1. The largest absolute Gasteiger partial charge is 0.444 e. The third-order valence-electron chi connectivity index (χ3n) is 2.96. The molecule has 0 spiro atoms. The van der Waals surface area contributed by atoms with E-state index in [1.807, 2.05) is 12.1 Å². The van der Waals surface area contributed by atoms with E-state index < -0.39 is 11.7 Å². The first-order valence-electron chi connectivity index (χ1n) is 7.16. The van der Waals surface area contributed by atoms with Crippen LogP contribution in [0.2, 0.25) is 0 Å². The minimum atomic E-state index is -0.559. The van der Waals surface area contributed by atoms with E-state index in [4.69, 9.17) is 4.74 Å². The summed E-state index contributed by atoms with van der Waals surface area (Å²) in [4.78, 5) is 15.9. The summed E-state index contributed by atoms with van der Waals surface area (Å²) in [5.41, 5.74) is 0.858. The molecule has 0 unspecified atom stereocenters. The van der Waals surface area contributed by atoms with Crippen LogP contribution in [-0.2, 0) is 11.3 Å². The summed E-state index contributed by atoms with van der Waals surface area (Å²) >= 11 is 0. The van der Waals surface area contributed by atoms with Gasteiger partial charge in [-0.1, -0.05) is 12.2 Å². The molecule has 5 heteroatoms. The van der Waals surface area contributed by atoms with Gasteiger partial charge in [-0.05, 0) is 57.2 Å². The zero-order chi connectivity index (χ0) is 15.5. The Morgan fingerprint density at radius 2 is 2.19 bits per heavy atom. The standard InChI is InChI=1S/C16H22N2O3/c1-16(2,3)21-15(20)18-14-9-8-12(13(10-19)17-14)7-6-11-4-5-11/h6-9,11,19H,4-5,10H2,1-3H3,(H,17,18,20)/b7-6+. The molecule has 0 radical (unpaired) electrons. The zero-order valence-corrected chi connectivity index (χ0v) is 12.7. The van der Waals surface area contributed by atoms with Crippen LogP contribution in [0.3, 0.4) is 0 Å². The van der Waals surface area contributed by atoms with Crippen molar-refractivity contribution in [1.82, 2.24) is 4.98 Å². The molecule has 0 aromatic carbocycles. The number of aliphatic hydroxyl groups excluding tert-OH is 1. The topological polar surface area (TPSA) is 71.5 Å². The number of aromatic nitrogens is 1. The van der Waals surface area contributed by atoms with Gasteiger partial charge in [0.2, 0.25) is 0 Å². The van der Waals surface area contributed by atoms with Gasteiger partial charge in [-0.3, -0.25) is 5.32 Å². The molecular formula is C16H22N2O3. The number of rotatable bonds is 4. The number of carbonyl (C=O) groups excluding carboxylic acids is 1. The molecule has 0 bridgehead atoms. The van der Waals surface area contributed by atoms with E-state index >= 15 is 0 Å². The number of allylic oxidation sites excluding steroid dienone is 1. The molecule has 21 heavy (non-hydrogen) atoms. The lowest BCUT2D eigenvalue weighted by Gasteiger charge is -2.19. The Kier molecular flexibility index (Phi) is 4.63. The second-order valence-corrected chi connectivity index (χ2v) is 6.21. The molecule has 1 aliphatic rings. The number of hydrogen-bond acceptors (Lipinski definition) is 4. The first-order valence-corrected chi connectivity index (χ1v) is 7.16. The van der Waals surface area contributed by atoms with Crippen molar-refractivity contribution in [3.8, 4) is 0 Å². The molecule has 2 N–H and O–H groups in total. The van der Waals surface area contributed by atoms with Gasteiger partial charge in [0.25, 0.3) is 0 Å². The van der Waals surface area contributed by atoms with E-state index in [2.05, 4.69) is 16.4 Å². The van der Waals surface area contributed by atoms with Gasteiger partial charge in [0.15, 0.2) is 0 Å². The highest BCUT2D eigenvalue weighted by Crippen LogP contribution is 2.31. The zero-order valence-electron chi connectivity index (χ0n) is 12.7. The lowest BCUT2D eigenvalue weighted by atomic mass is 10.1. The van der Waals surface area contributed by atoms with Gasteiger partial charge in [0, 0.05) is 0 Å². The first-order chi connectivity index (χ1) is 9.87. The van der Waals surface area contributed by atoms with Crippen LogP contribution in [0.25, 0.3) is 6.08 Å². The van der Waals surface area contributed by atoms with Crippen molar-refractivity contribution in [2.24, 2.45) is 5.92 Å². The van der Waals surface area contributed by atoms with Crippen LogP contribution in [0.15, 0.2) is 18.2 Å². The monoisotopic (exact) mass is 290 g/mol. The number of nitrogens with one attached hydrogen (secondary N) is 1. The molecule has 0 aliphatic heterocycles. The number of hydrogen-bond donors (Lipinski definition) is 2. The number of ether oxygens (including phenoxy) is 1. The van der Waals surface area contributed by atoms with Crippen LogP contribution in [0.1, 0.15) is 44.9 Å². The molecule has 1 aromatic heterocycles. The molecule has 2 rings (SSSR count). The van der Waals surface area contributed by atoms with E-state index in [9.17, 15) is 9.90 Å². The third-order valence-corrected chi connectivity index (χ3v) is 2.96. The summed E-state index contributed by atoms with van der Waals surface area (Å²) in [6.45, 7) is 5.22. The van der Waals surface area contributed by atoms with Crippen LogP contribution >= 0.6 is 0 Å². The second kappa shape index (κ2) is 6.26. The highest BCUT2D eigenvalue weighted by Gasteiger charge is 2.18. The summed E-state index contributed by atoms with van der Waals surface area (Å²) in [5, 5.41) is 12.0. The Bertz CT molecular complexity index is 543. The molecule has 1 aliphatic carbocycles. The number of anilines is 1. The molecule has 5 nitrogen and oxygen atoms in total. The summed E-state index contributed by atoms with van der Waals surface area (Å²) in [6, 6.07) is 3.54. The molecule has 0 saturated heterocycles. The maximum atomic E-state index is 11.7. The first kappa shape index (κ1) is 15.5. The Labute approximate surface area is 125 Å². The molecule has 1 amide bonds. The Balaban J connectivity index is 2.05. The molecule has 1 fully saturated rings. The lowest BCUT2D eigenvalue weighted by Crippen LogP contribution is -2.27. The van der Waals surface area contributed by atoms with E-state index in [1.54, 1.807) is 26.8 Å². The number of carbonyl (C=O) groups is 1. The molecule has 0 atom stereocenters. The fraction of sp³-hybridized carbons (Fsp3) is 0.500.